The fraction of sp³-hybridized carbons (Fsp3) is 0.500. The molecule has 0 amide bonds. The van der Waals surface area contributed by atoms with E-state index < -0.39 is 0 Å². The minimum absolute atomic E-state index is 0.451. The fourth-order valence-electron chi connectivity index (χ4n) is 1.07. The van der Waals surface area contributed by atoms with E-state index in [-0.39, 0.29) is 0 Å². The van der Waals surface area contributed by atoms with Gasteiger partial charge in [0.15, 0.2) is 0 Å². The molecule has 0 spiro atoms. The van der Waals surface area contributed by atoms with Gasteiger partial charge < -0.3 is 0 Å². The zero-order chi connectivity index (χ0) is 11.3. The molecule has 1 rings (SSSR count). The van der Waals surface area contributed by atoms with Crippen molar-refractivity contribution in [1.82, 2.24) is 4.98 Å². The Kier molecular flexibility index (Phi) is 4.28. The first kappa shape index (κ1) is 11.7. The molecule has 0 unspecified atom stereocenters. The van der Waals surface area contributed by atoms with Crippen LogP contribution in [0.2, 0.25) is 0 Å². The van der Waals surface area contributed by atoms with Gasteiger partial charge in [-0.05, 0) is 23.5 Å². The van der Waals surface area contributed by atoms with Crippen LogP contribution in [-0.2, 0) is 0 Å². The third-order valence-electron chi connectivity index (χ3n) is 2.00. The normalized spacial score (nSPS) is 11.6. The predicted molar refractivity (Wildman–Crippen MR) is 65.3 cm³/mol. The van der Waals surface area contributed by atoms with Gasteiger partial charge in [-0.25, -0.2) is 4.98 Å². The number of hydrogen-bond donors (Lipinski definition) is 1. The minimum Gasteiger partial charge on any atom is -0.262 e. The summed E-state index contributed by atoms with van der Waals surface area (Å²) < 4.78 is 0. The van der Waals surface area contributed by atoms with Crippen LogP contribution in [0.15, 0.2) is 23.4 Å². The Hall–Kier alpha value is -1.38. The van der Waals surface area contributed by atoms with Crippen molar-refractivity contribution in [3.05, 3.63) is 23.9 Å². The fourth-order valence-corrected chi connectivity index (χ4v) is 1.07. The lowest BCUT2D eigenvalue weighted by atomic mass is 10.1. The van der Waals surface area contributed by atoms with Gasteiger partial charge in [0.1, 0.15) is 5.82 Å². The molecule has 1 heterocycles. The Morgan fingerprint density at radius 3 is 2.47 bits per heavy atom. The van der Waals surface area contributed by atoms with E-state index in [1.54, 1.807) is 0 Å². The van der Waals surface area contributed by atoms with E-state index in [4.69, 9.17) is 0 Å². The van der Waals surface area contributed by atoms with Gasteiger partial charge in [-0.2, -0.15) is 5.10 Å². The molecule has 0 aliphatic rings. The lowest BCUT2D eigenvalue weighted by molar-refractivity contribution is 0.858. The standard InChI is InChI=1S/C12H19N3/c1-9(2)7-14-15-12-6-5-11(8-13-12)10(3)4/h5-10H,1-4H3,(H,13,15)/b14-7+. The molecule has 3 heteroatoms. The summed E-state index contributed by atoms with van der Waals surface area (Å²) in [6, 6.07) is 4.03. The van der Waals surface area contributed by atoms with Crippen molar-refractivity contribution in [2.75, 3.05) is 5.43 Å². The third-order valence-corrected chi connectivity index (χ3v) is 2.00. The van der Waals surface area contributed by atoms with E-state index in [9.17, 15) is 0 Å². The molecule has 0 fully saturated rings. The van der Waals surface area contributed by atoms with Crippen molar-refractivity contribution in [3.8, 4) is 0 Å². The number of nitrogens with zero attached hydrogens (tertiary/aromatic N) is 2. The molecule has 0 radical (unpaired) electrons. The highest BCUT2D eigenvalue weighted by atomic mass is 15.3. The van der Waals surface area contributed by atoms with Crippen LogP contribution in [0.3, 0.4) is 0 Å². The highest BCUT2D eigenvalue weighted by Crippen LogP contribution is 2.14. The van der Waals surface area contributed by atoms with Gasteiger partial charge in [-0.15, -0.1) is 0 Å². The molecule has 3 nitrogen and oxygen atoms in total. The Morgan fingerprint density at radius 1 is 1.27 bits per heavy atom. The van der Waals surface area contributed by atoms with Crippen LogP contribution >= 0.6 is 0 Å². The maximum Gasteiger partial charge on any atom is 0.146 e. The van der Waals surface area contributed by atoms with Crippen LogP contribution in [0.5, 0.6) is 0 Å². The zero-order valence-corrected chi connectivity index (χ0v) is 9.86. The number of aromatic nitrogens is 1. The van der Waals surface area contributed by atoms with E-state index in [0.29, 0.717) is 11.8 Å². The Morgan fingerprint density at radius 2 is 2.00 bits per heavy atom. The first-order chi connectivity index (χ1) is 7.09. The number of rotatable bonds is 4. The molecular weight excluding hydrogens is 186 g/mol. The van der Waals surface area contributed by atoms with Crippen LogP contribution in [0.25, 0.3) is 0 Å². The molecule has 0 aliphatic heterocycles. The van der Waals surface area contributed by atoms with Crippen molar-refractivity contribution >= 4 is 12.0 Å². The summed E-state index contributed by atoms with van der Waals surface area (Å²) in [5.41, 5.74) is 4.14. The van der Waals surface area contributed by atoms with Gasteiger partial charge in [0, 0.05) is 12.4 Å². The summed E-state index contributed by atoms with van der Waals surface area (Å²) in [7, 11) is 0. The van der Waals surface area contributed by atoms with Gasteiger partial charge in [-0.1, -0.05) is 33.8 Å². The first-order valence-corrected chi connectivity index (χ1v) is 5.34. The van der Waals surface area contributed by atoms with Crippen LogP contribution in [0, 0.1) is 5.92 Å². The molecule has 82 valence electrons. The number of pyridine rings is 1. The number of anilines is 1. The molecule has 0 aliphatic carbocycles. The van der Waals surface area contributed by atoms with Crippen molar-refractivity contribution in [2.45, 2.75) is 33.6 Å². The van der Waals surface area contributed by atoms with Gasteiger partial charge in [-0.3, -0.25) is 5.43 Å². The average molecular weight is 205 g/mol. The summed E-state index contributed by atoms with van der Waals surface area (Å²) >= 11 is 0. The van der Waals surface area contributed by atoms with Gasteiger partial charge >= 0.3 is 0 Å². The largest absolute Gasteiger partial charge is 0.262 e. The van der Waals surface area contributed by atoms with Crippen molar-refractivity contribution in [3.63, 3.8) is 0 Å². The Bertz CT molecular complexity index is 312. The minimum atomic E-state index is 0.451. The first-order valence-electron chi connectivity index (χ1n) is 5.34. The van der Waals surface area contributed by atoms with Gasteiger partial charge in [0.2, 0.25) is 0 Å². The summed E-state index contributed by atoms with van der Waals surface area (Å²) in [5.74, 6) is 1.76. The van der Waals surface area contributed by atoms with Crippen LogP contribution < -0.4 is 5.43 Å². The average Bonchev–Trinajstić information content (AvgIpc) is 2.18. The molecule has 15 heavy (non-hydrogen) atoms. The summed E-state index contributed by atoms with van der Waals surface area (Å²) in [6.07, 6.45) is 3.75. The lowest BCUT2D eigenvalue weighted by Gasteiger charge is -2.05. The molecule has 1 aromatic rings. The van der Waals surface area contributed by atoms with E-state index in [1.165, 1.54) is 5.56 Å². The Labute approximate surface area is 91.6 Å². The second-order valence-corrected chi connectivity index (χ2v) is 4.27. The molecule has 0 saturated heterocycles. The molecule has 0 bridgehead atoms. The van der Waals surface area contributed by atoms with Gasteiger partial charge in [0.25, 0.3) is 0 Å². The predicted octanol–water partition coefficient (Wildman–Crippen LogP) is 3.26. The van der Waals surface area contributed by atoms with Crippen molar-refractivity contribution in [1.29, 1.82) is 0 Å². The van der Waals surface area contributed by atoms with E-state index in [1.807, 2.05) is 18.5 Å². The van der Waals surface area contributed by atoms with E-state index in [2.05, 4.69) is 49.3 Å². The van der Waals surface area contributed by atoms with Crippen molar-refractivity contribution in [2.24, 2.45) is 11.0 Å². The number of nitrogens with one attached hydrogen (secondary N) is 1. The molecule has 0 aromatic carbocycles. The molecule has 0 atom stereocenters. The summed E-state index contributed by atoms with van der Waals surface area (Å²) in [5, 5.41) is 4.08. The maximum atomic E-state index is 4.27. The number of hydrogen-bond acceptors (Lipinski definition) is 3. The zero-order valence-electron chi connectivity index (χ0n) is 9.86. The van der Waals surface area contributed by atoms with Crippen LogP contribution in [0.4, 0.5) is 5.82 Å². The van der Waals surface area contributed by atoms with E-state index >= 15 is 0 Å². The summed E-state index contributed by atoms with van der Waals surface area (Å²) in [4.78, 5) is 4.27. The third kappa shape index (κ3) is 4.11. The molecular formula is C12H19N3. The van der Waals surface area contributed by atoms with E-state index in [0.717, 1.165) is 5.82 Å². The molecule has 1 aromatic heterocycles. The van der Waals surface area contributed by atoms with Crippen LogP contribution in [0.1, 0.15) is 39.2 Å². The maximum absolute atomic E-state index is 4.27. The number of hydrazone groups is 1. The second kappa shape index (κ2) is 5.49. The summed E-state index contributed by atoms with van der Waals surface area (Å²) in [6.45, 7) is 8.48. The molecule has 0 saturated carbocycles. The second-order valence-electron chi connectivity index (χ2n) is 4.27. The highest BCUT2D eigenvalue weighted by Gasteiger charge is 1.98. The lowest BCUT2D eigenvalue weighted by Crippen LogP contribution is -1.97. The molecule has 1 N–H and O–H groups in total. The topological polar surface area (TPSA) is 37.3 Å². The highest BCUT2D eigenvalue weighted by molar-refractivity contribution is 5.60. The Balaban J connectivity index is 2.57. The quantitative estimate of drug-likeness (QED) is 0.605. The monoisotopic (exact) mass is 205 g/mol. The van der Waals surface area contributed by atoms with Crippen molar-refractivity contribution < 1.29 is 0 Å². The smallest absolute Gasteiger partial charge is 0.146 e. The van der Waals surface area contributed by atoms with Crippen LogP contribution in [-0.4, -0.2) is 11.2 Å². The SMILES string of the molecule is CC(C)/C=N/Nc1ccc(C(C)C)cn1. The van der Waals surface area contributed by atoms with Gasteiger partial charge in [0.05, 0.1) is 0 Å².